The molecule has 1 aromatic heterocycles. The van der Waals surface area contributed by atoms with Crippen molar-refractivity contribution in [1.29, 1.82) is 0 Å². The maximum atomic E-state index is 4.33. The number of allylic oxidation sites excluding steroid dienone is 2. The molecule has 110 valence electrons. The molecule has 1 aromatic rings. The van der Waals surface area contributed by atoms with Gasteiger partial charge >= 0.3 is 0 Å². The number of nitrogens with one attached hydrogen (secondary N) is 2. The Morgan fingerprint density at radius 3 is 2.76 bits per heavy atom. The van der Waals surface area contributed by atoms with Gasteiger partial charge in [-0.1, -0.05) is 6.58 Å². The number of hydrogen-bond donors (Lipinski definition) is 2. The molecule has 3 heterocycles. The molecule has 2 aliphatic heterocycles. The Labute approximate surface area is 125 Å². The van der Waals surface area contributed by atoms with Crippen molar-refractivity contribution in [2.75, 3.05) is 13.1 Å². The fourth-order valence-corrected chi connectivity index (χ4v) is 2.87. The lowest BCUT2D eigenvalue weighted by Crippen LogP contribution is -2.30. The predicted molar refractivity (Wildman–Crippen MR) is 85.6 cm³/mol. The molecular formula is C16H21N5. The normalized spacial score (nSPS) is 26.0. The largest absolute Gasteiger partial charge is 0.371 e. The molecule has 5 heteroatoms. The second-order valence-electron chi connectivity index (χ2n) is 5.45. The smallest absolute Gasteiger partial charge is 0.0569 e. The van der Waals surface area contributed by atoms with Crippen LogP contribution in [-0.4, -0.2) is 34.4 Å². The van der Waals surface area contributed by atoms with Gasteiger partial charge in [0.15, 0.2) is 0 Å². The molecule has 21 heavy (non-hydrogen) atoms. The maximum absolute atomic E-state index is 4.33. The SMILES string of the molecule is C=C1/C(c2cn[nH]c2C)=C\N/N=C\C=C/1N1CCCCC1. The van der Waals surface area contributed by atoms with Crippen LogP contribution in [-0.2, 0) is 0 Å². The first-order valence-corrected chi connectivity index (χ1v) is 7.41. The number of aromatic nitrogens is 2. The van der Waals surface area contributed by atoms with E-state index in [-0.39, 0.29) is 0 Å². The van der Waals surface area contributed by atoms with Crippen LogP contribution in [0.5, 0.6) is 0 Å². The average molecular weight is 283 g/mol. The Hall–Kier alpha value is -2.30. The van der Waals surface area contributed by atoms with Crippen molar-refractivity contribution < 1.29 is 0 Å². The van der Waals surface area contributed by atoms with E-state index in [0.29, 0.717) is 0 Å². The highest BCUT2D eigenvalue weighted by Gasteiger charge is 2.20. The number of hydrazone groups is 1. The minimum Gasteiger partial charge on any atom is -0.371 e. The second kappa shape index (κ2) is 5.99. The van der Waals surface area contributed by atoms with Gasteiger partial charge in [0.25, 0.3) is 0 Å². The lowest BCUT2D eigenvalue weighted by Gasteiger charge is -2.32. The van der Waals surface area contributed by atoms with Gasteiger partial charge < -0.3 is 4.90 Å². The Morgan fingerprint density at radius 1 is 1.24 bits per heavy atom. The number of aromatic amines is 1. The van der Waals surface area contributed by atoms with E-state index in [4.69, 9.17) is 0 Å². The Kier molecular flexibility index (Phi) is 3.90. The molecule has 1 saturated heterocycles. The first-order chi connectivity index (χ1) is 10.3. The predicted octanol–water partition coefficient (Wildman–Crippen LogP) is 2.57. The molecule has 3 rings (SSSR count). The summed E-state index contributed by atoms with van der Waals surface area (Å²) >= 11 is 0. The number of hydrogen-bond acceptors (Lipinski definition) is 4. The number of rotatable bonds is 2. The van der Waals surface area contributed by atoms with Crippen molar-refractivity contribution >= 4 is 11.8 Å². The maximum Gasteiger partial charge on any atom is 0.0569 e. The minimum atomic E-state index is 1.01. The molecule has 0 spiro atoms. The van der Waals surface area contributed by atoms with E-state index in [0.717, 1.165) is 41.2 Å². The van der Waals surface area contributed by atoms with Crippen molar-refractivity contribution in [3.05, 3.63) is 47.6 Å². The Morgan fingerprint density at radius 2 is 2.05 bits per heavy atom. The average Bonchev–Trinajstić information content (AvgIpc) is 2.91. The molecule has 0 saturated carbocycles. The van der Waals surface area contributed by atoms with Gasteiger partial charge in [0.2, 0.25) is 0 Å². The van der Waals surface area contributed by atoms with E-state index >= 15 is 0 Å². The van der Waals surface area contributed by atoms with Crippen molar-refractivity contribution in [2.45, 2.75) is 26.2 Å². The fourth-order valence-electron chi connectivity index (χ4n) is 2.87. The van der Waals surface area contributed by atoms with Crippen LogP contribution in [0, 0.1) is 6.92 Å². The topological polar surface area (TPSA) is 56.3 Å². The zero-order valence-corrected chi connectivity index (χ0v) is 12.4. The number of likely N-dealkylation sites (tertiary alicyclic amines) is 1. The Bertz CT molecular complexity index is 614. The molecule has 0 unspecified atom stereocenters. The van der Waals surface area contributed by atoms with E-state index < -0.39 is 0 Å². The standard InChI is InChI=1S/C16H21N5/c1-12-14(15-11-19-20-13(15)2)10-18-17-7-6-16(12)21-8-4-3-5-9-21/h6-7,10-11,18H,1,3-5,8-9H2,2H3,(H,19,20)/b14-10+,16-6+,17-7-. The van der Waals surface area contributed by atoms with E-state index in [1.54, 1.807) is 6.21 Å². The van der Waals surface area contributed by atoms with Gasteiger partial charge in [0.1, 0.15) is 0 Å². The van der Waals surface area contributed by atoms with E-state index in [1.807, 2.05) is 25.4 Å². The van der Waals surface area contributed by atoms with Crippen molar-refractivity contribution in [1.82, 2.24) is 20.5 Å². The Balaban J connectivity index is 1.95. The van der Waals surface area contributed by atoms with Crippen molar-refractivity contribution in [2.24, 2.45) is 5.10 Å². The van der Waals surface area contributed by atoms with Crippen LogP contribution in [0.3, 0.4) is 0 Å². The summed E-state index contributed by atoms with van der Waals surface area (Å²) in [6.07, 6.45) is 11.4. The molecule has 1 fully saturated rings. The van der Waals surface area contributed by atoms with Gasteiger partial charge in [-0.3, -0.25) is 10.5 Å². The highest BCUT2D eigenvalue weighted by atomic mass is 15.3. The summed E-state index contributed by atoms with van der Waals surface area (Å²) in [5.41, 5.74) is 8.26. The van der Waals surface area contributed by atoms with Crippen LogP contribution in [0.25, 0.3) is 5.57 Å². The van der Waals surface area contributed by atoms with Crippen LogP contribution in [0.4, 0.5) is 0 Å². The molecule has 2 N–H and O–H groups in total. The van der Waals surface area contributed by atoms with Gasteiger partial charge in [0, 0.05) is 53.6 Å². The summed E-state index contributed by atoms with van der Waals surface area (Å²) in [6.45, 7) is 8.52. The zero-order valence-electron chi connectivity index (χ0n) is 12.4. The first-order valence-electron chi connectivity index (χ1n) is 7.41. The van der Waals surface area contributed by atoms with Gasteiger partial charge in [-0.25, -0.2) is 0 Å². The molecule has 2 aliphatic rings. The van der Waals surface area contributed by atoms with Crippen LogP contribution >= 0.6 is 0 Å². The number of piperidine rings is 1. The number of nitrogens with zero attached hydrogens (tertiary/aromatic N) is 3. The third-order valence-electron chi connectivity index (χ3n) is 4.04. The first kappa shape index (κ1) is 13.7. The van der Waals surface area contributed by atoms with Crippen molar-refractivity contribution in [3.63, 3.8) is 0 Å². The zero-order chi connectivity index (χ0) is 14.7. The molecule has 0 aromatic carbocycles. The third kappa shape index (κ3) is 2.77. The van der Waals surface area contributed by atoms with Crippen molar-refractivity contribution in [3.8, 4) is 0 Å². The minimum absolute atomic E-state index is 1.01. The second-order valence-corrected chi connectivity index (χ2v) is 5.45. The van der Waals surface area contributed by atoms with Crippen LogP contribution < -0.4 is 5.43 Å². The van der Waals surface area contributed by atoms with Crippen LogP contribution in [0.1, 0.15) is 30.5 Å². The third-order valence-corrected chi connectivity index (χ3v) is 4.04. The lowest BCUT2D eigenvalue weighted by molar-refractivity contribution is 0.291. The summed E-state index contributed by atoms with van der Waals surface area (Å²) in [6, 6.07) is 0. The van der Waals surface area contributed by atoms with Gasteiger partial charge in [-0.2, -0.15) is 10.2 Å². The summed E-state index contributed by atoms with van der Waals surface area (Å²) < 4.78 is 0. The van der Waals surface area contributed by atoms with Gasteiger partial charge in [-0.15, -0.1) is 0 Å². The van der Waals surface area contributed by atoms with Gasteiger partial charge in [-0.05, 0) is 32.3 Å². The summed E-state index contributed by atoms with van der Waals surface area (Å²) in [5.74, 6) is 0. The fraction of sp³-hybridized carbons (Fsp3) is 0.375. The van der Waals surface area contributed by atoms with E-state index in [2.05, 4.69) is 32.2 Å². The summed E-state index contributed by atoms with van der Waals surface area (Å²) in [5, 5.41) is 11.3. The molecule has 0 aliphatic carbocycles. The summed E-state index contributed by atoms with van der Waals surface area (Å²) in [4.78, 5) is 2.41. The lowest BCUT2D eigenvalue weighted by atomic mass is 9.96. The van der Waals surface area contributed by atoms with Crippen LogP contribution in [0.15, 0.2) is 41.4 Å². The summed E-state index contributed by atoms with van der Waals surface area (Å²) in [7, 11) is 0. The van der Waals surface area contributed by atoms with Crippen LogP contribution in [0.2, 0.25) is 0 Å². The van der Waals surface area contributed by atoms with E-state index in [9.17, 15) is 0 Å². The highest BCUT2D eigenvalue weighted by molar-refractivity contribution is 5.86. The quantitative estimate of drug-likeness (QED) is 0.877. The molecular weight excluding hydrogens is 262 g/mol. The number of H-pyrrole nitrogens is 1. The van der Waals surface area contributed by atoms with Gasteiger partial charge in [0.05, 0.1) is 6.20 Å². The molecule has 0 bridgehead atoms. The molecule has 0 radical (unpaired) electrons. The molecule has 0 amide bonds. The number of aryl methyl sites for hydroxylation is 1. The molecule has 0 atom stereocenters. The monoisotopic (exact) mass is 283 g/mol. The highest BCUT2D eigenvalue weighted by Crippen LogP contribution is 2.31. The van der Waals surface area contributed by atoms with E-state index in [1.165, 1.54) is 19.3 Å². The molecule has 5 nitrogen and oxygen atoms in total.